The Morgan fingerprint density at radius 1 is 1.14 bits per heavy atom. The van der Waals surface area contributed by atoms with Gasteiger partial charge in [0.1, 0.15) is 5.82 Å². The Balaban J connectivity index is 1.75. The lowest BCUT2D eigenvalue weighted by atomic mass is 10.1. The predicted molar refractivity (Wildman–Crippen MR) is 106 cm³/mol. The van der Waals surface area contributed by atoms with Crippen LogP contribution < -0.4 is 14.8 Å². The topological polar surface area (TPSA) is 60.7 Å². The van der Waals surface area contributed by atoms with Crippen LogP contribution in [-0.2, 0) is 0 Å². The number of ether oxygens (including phenoxy) is 2. The van der Waals surface area contributed by atoms with E-state index in [-0.39, 0.29) is 5.82 Å². The summed E-state index contributed by atoms with van der Waals surface area (Å²) in [6, 6.07) is 11.9. The minimum absolute atomic E-state index is 0.309. The van der Waals surface area contributed by atoms with Gasteiger partial charge in [0.15, 0.2) is 23.0 Å². The molecule has 2 aromatic carbocycles. The van der Waals surface area contributed by atoms with Crippen LogP contribution in [0.5, 0.6) is 11.5 Å². The number of anilines is 2. The first-order chi connectivity index (χ1) is 13.7. The average molecular weight is 378 g/mol. The van der Waals surface area contributed by atoms with Gasteiger partial charge in [-0.25, -0.2) is 14.4 Å². The summed E-state index contributed by atoms with van der Waals surface area (Å²) in [5, 5.41) is 3.28. The lowest BCUT2D eigenvalue weighted by molar-refractivity contribution is 0.311. The van der Waals surface area contributed by atoms with E-state index in [1.807, 2.05) is 48.0 Å². The highest BCUT2D eigenvalue weighted by Crippen LogP contribution is 2.32. The summed E-state index contributed by atoms with van der Waals surface area (Å²) in [6.45, 7) is 2.47. The fraction of sp³-hybridized carbons (Fsp3) is 0.143. The molecule has 28 heavy (non-hydrogen) atoms. The fourth-order valence-electron chi connectivity index (χ4n) is 2.96. The molecule has 0 radical (unpaired) electrons. The minimum atomic E-state index is -0.309. The number of benzene rings is 2. The smallest absolute Gasteiger partial charge is 0.180 e. The zero-order valence-corrected chi connectivity index (χ0v) is 15.5. The highest BCUT2D eigenvalue weighted by atomic mass is 19.1. The SMILES string of the molecule is CCOc1ccc(Nc2nc(-c3cccc(F)c3)cn3ccnc23)cc1OC. The van der Waals surface area contributed by atoms with Crippen molar-refractivity contribution in [2.24, 2.45) is 0 Å². The van der Waals surface area contributed by atoms with Crippen molar-refractivity contribution in [3.8, 4) is 22.8 Å². The van der Waals surface area contributed by atoms with Crippen LogP contribution in [0.4, 0.5) is 15.9 Å². The van der Waals surface area contributed by atoms with Crippen molar-refractivity contribution in [1.82, 2.24) is 14.4 Å². The molecule has 4 rings (SSSR count). The van der Waals surface area contributed by atoms with Gasteiger partial charge in [-0.15, -0.1) is 0 Å². The molecule has 0 saturated carbocycles. The van der Waals surface area contributed by atoms with Crippen LogP contribution in [0, 0.1) is 5.82 Å². The largest absolute Gasteiger partial charge is 0.493 e. The summed E-state index contributed by atoms with van der Waals surface area (Å²) in [5.41, 5.74) is 2.75. The van der Waals surface area contributed by atoms with Crippen LogP contribution in [0.25, 0.3) is 16.9 Å². The third-order valence-electron chi connectivity index (χ3n) is 4.22. The fourth-order valence-corrected chi connectivity index (χ4v) is 2.96. The molecular formula is C21H19FN4O2. The van der Waals surface area contributed by atoms with Crippen molar-refractivity contribution in [2.75, 3.05) is 19.0 Å². The van der Waals surface area contributed by atoms with Gasteiger partial charge in [0.05, 0.1) is 19.4 Å². The lowest BCUT2D eigenvalue weighted by Gasteiger charge is -2.13. The summed E-state index contributed by atoms with van der Waals surface area (Å²) < 4.78 is 26.5. The highest BCUT2D eigenvalue weighted by Gasteiger charge is 2.12. The third-order valence-corrected chi connectivity index (χ3v) is 4.22. The van der Waals surface area contributed by atoms with Gasteiger partial charge in [0.2, 0.25) is 0 Å². The molecule has 142 valence electrons. The summed E-state index contributed by atoms with van der Waals surface area (Å²) in [6.07, 6.45) is 5.33. The second-order valence-corrected chi connectivity index (χ2v) is 6.07. The summed E-state index contributed by atoms with van der Waals surface area (Å²) in [4.78, 5) is 9.03. The molecule has 1 N–H and O–H groups in total. The Kier molecular flexibility index (Phi) is 4.80. The number of hydrogen-bond donors (Lipinski definition) is 1. The molecule has 0 aliphatic carbocycles. The second kappa shape index (κ2) is 7.56. The van der Waals surface area contributed by atoms with E-state index in [0.29, 0.717) is 40.8 Å². The predicted octanol–water partition coefficient (Wildman–Crippen LogP) is 4.69. The Morgan fingerprint density at radius 3 is 2.82 bits per heavy atom. The molecule has 0 saturated heterocycles. The molecule has 0 amide bonds. The normalized spacial score (nSPS) is 10.8. The van der Waals surface area contributed by atoms with Crippen molar-refractivity contribution >= 4 is 17.2 Å². The zero-order valence-electron chi connectivity index (χ0n) is 15.5. The number of aromatic nitrogens is 3. The zero-order chi connectivity index (χ0) is 19.5. The molecule has 0 aliphatic rings. The Morgan fingerprint density at radius 2 is 2.04 bits per heavy atom. The van der Waals surface area contributed by atoms with Crippen molar-refractivity contribution in [1.29, 1.82) is 0 Å². The van der Waals surface area contributed by atoms with E-state index < -0.39 is 0 Å². The van der Waals surface area contributed by atoms with Crippen molar-refractivity contribution < 1.29 is 13.9 Å². The van der Waals surface area contributed by atoms with E-state index in [4.69, 9.17) is 9.47 Å². The number of halogens is 1. The summed E-state index contributed by atoms with van der Waals surface area (Å²) >= 11 is 0. The van der Waals surface area contributed by atoms with E-state index in [9.17, 15) is 4.39 Å². The van der Waals surface area contributed by atoms with Crippen molar-refractivity contribution in [3.63, 3.8) is 0 Å². The molecule has 0 spiro atoms. The first-order valence-corrected chi connectivity index (χ1v) is 8.85. The Labute approximate surface area is 161 Å². The van der Waals surface area contributed by atoms with Crippen molar-refractivity contribution in [2.45, 2.75) is 6.92 Å². The molecule has 7 heteroatoms. The molecule has 0 atom stereocenters. The lowest BCUT2D eigenvalue weighted by Crippen LogP contribution is -2.01. The summed E-state index contributed by atoms with van der Waals surface area (Å²) in [5.74, 6) is 1.53. The van der Waals surface area contributed by atoms with Crippen LogP contribution in [0.2, 0.25) is 0 Å². The first-order valence-electron chi connectivity index (χ1n) is 8.85. The quantitative estimate of drug-likeness (QED) is 0.528. The second-order valence-electron chi connectivity index (χ2n) is 6.07. The number of nitrogens with zero attached hydrogens (tertiary/aromatic N) is 3. The Bertz CT molecular complexity index is 1130. The molecule has 6 nitrogen and oxygen atoms in total. The molecule has 4 aromatic rings. The molecule has 0 aliphatic heterocycles. The van der Waals surface area contributed by atoms with E-state index in [0.717, 1.165) is 5.69 Å². The number of rotatable bonds is 6. The maximum absolute atomic E-state index is 13.6. The van der Waals surface area contributed by atoms with Gasteiger partial charge < -0.3 is 19.2 Å². The molecule has 0 fully saturated rings. The van der Waals surface area contributed by atoms with Gasteiger partial charge >= 0.3 is 0 Å². The number of methoxy groups -OCH3 is 1. The van der Waals surface area contributed by atoms with Gasteiger partial charge in [-0.05, 0) is 31.2 Å². The van der Waals surface area contributed by atoms with E-state index in [1.165, 1.54) is 12.1 Å². The monoisotopic (exact) mass is 378 g/mol. The molecule has 0 bridgehead atoms. The number of hydrogen-bond acceptors (Lipinski definition) is 5. The van der Waals surface area contributed by atoms with Crippen LogP contribution in [0.3, 0.4) is 0 Å². The van der Waals surface area contributed by atoms with Crippen LogP contribution >= 0.6 is 0 Å². The molecular weight excluding hydrogens is 359 g/mol. The van der Waals surface area contributed by atoms with Gasteiger partial charge in [-0.3, -0.25) is 0 Å². The molecule has 2 heterocycles. The van der Waals surface area contributed by atoms with Crippen LogP contribution in [0.1, 0.15) is 6.92 Å². The molecule has 2 aromatic heterocycles. The van der Waals surface area contributed by atoms with Gasteiger partial charge in [0, 0.05) is 35.9 Å². The van der Waals surface area contributed by atoms with E-state index in [2.05, 4.69) is 15.3 Å². The average Bonchev–Trinajstić information content (AvgIpc) is 3.18. The number of fused-ring (bicyclic) bond motifs is 1. The van der Waals surface area contributed by atoms with Crippen molar-refractivity contribution in [3.05, 3.63) is 66.9 Å². The maximum atomic E-state index is 13.6. The van der Waals surface area contributed by atoms with E-state index >= 15 is 0 Å². The van der Waals surface area contributed by atoms with E-state index in [1.54, 1.807) is 19.4 Å². The van der Waals surface area contributed by atoms with Crippen LogP contribution in [0.15, 0.2) is 61.1 Å². The minimum Gasteiger partial charge on any atom is -0.493 e. The van der Waals surface area contributed by atoms with Crippen LogP contribution in [-0.4, -0.2) is 28.1 Å². The van der Waals surface area contributed by atoms with Gasteiger partial charge in [-0.1, -0.05) is 12.1 Å². The highest BCUT2D eigenvalue weighted by molar-refractivity contribution is 5.74. The molecule has 0 unspecified atom stereocenters. The first kappa shape index (κ1) is 17.8. The maximum Gasteiger partial charge on any atom is 0.180 e. The van der Waals surface area contributed by atoms with Gasteiger partial charge in [-0.2, -0.15) is 0 Å². The van der Waals surface area contributed by atoms with Gasteiger partial charge in [0.25, 0.3) is 0 Å². The Hall–Kier alpha value is -3.61. The summed E-state index contributed by atoms with van der Waals surface area (Å²) in [7, 11) is 1.59. The number of imidazole rings is 1. The third kappa shape index (κ3) is 3.46. The number of nitrogens with one attached hydrogen (secondary N) is 1. The standard InChI is InChI=1S/C21H19FN4O2/c1-3-28-18-8-7-16(12-19(18)27-2)24-20-21-23-9-10-26(21)13-17(25-20)14-5-4-6-15(22)11-14/h4-13H,3H2,1-2H3,(H,24,25).